The Morgan fingerprint density at radius 2 is 1.16 bits per heavy atom. The predicted molar refractivity (Wildman–Crippen MR) is 68.0 cm³/mol. The topological polar surface area (TPSA) is 97.6 Å². The largest absolute Gasteiger partial charge is 0.396 e. The minimum atomic E-state index is -0.672. The van der Waals surface area contributed by atoms with Gasteiger partial charge in [-0.25, -0.2) is 0 Å². The normalized spacial score (nSPS) is 16.3. The second-order valence-electron chi connectivity index (χ2n) is 4.34. The maximum atomic E-state index is 9.35. The first-order chi connectivity index (χ1) is 9.13. The number of ether oxygens (including phenoxy) is 4. The highest BCUT2D eigenvalue weighted by atomic mass is 16.5. The zero-order valence-corrected chi connectivity index (χ0v) is 11.7. The van der Waals surface area contributed by atoms with E-state index in [-0.39, 0.29) is 52.2 Å². The summed E-state index contributed by atoms with van der Waals surface area (Å²) in [5, 5.41) is 27.8. The molecule has 0 fully saturated rings. The van der Waals surface area contributed by atoms with Crippen LogP contribution in [0.2, 0.25) is 0 Å². The molecule has 0 aliphatic carbocycles. The van der Waals surface area contributed by atoms with Crippen LogP contribution in [0, 0.1) is 5.92 Å². The molecule has 0 aliphatic heterocycles. The number of hydrogen-bond acceptors (Lipinski definition) is 7. The fraction of sp³-hybridized carbons (Fsp3) is 1.00. The molecular formula is C12H26O7. The Morgan fingerprint density at radius 1 is 0.737 bits per heavy atom. The van der Waals surface area contributed by atoms with Crippen molar-refractivity contribution in [2.45, 2.75) is 12.2 Å². The van der Waals surface area contributed by atoms with Gasteiger partial charge in [-0.15, -0.1) is 0 Å². The van der Waals surface area contributed by atoms with E-state index in [1.54, 1.807) is 0 Å². The molecular weight excluding hydrogens is 256 g/mol. The van der Waals surface area contributed by atoms with Crippen LogP contribution in [-0.2, 0) is 18.9 Å². The molecule has 0 spiro atoms. The lowest BCUT2D eigenvalue weighted by Gasteiger charge is -2.17. The van der Waals surface area contributed by atoms with Gasteiger partial charge < -0.3 is 34.3 Å². The second kappa shape index (κ2) is 12.7. The van der Waals surface area contributed by atoms with Gasteiger partial charge in [0.05, 0.1) is 46.2 Å². The molecule has 3 N–H and O–H groups in total. The van der Waals surface area contributed by atoms with Crippen LogP contribution >= 0.6 is 0 Å². The minimum Gasteiger partial charge on any atom is -0.396 e. The van der Waals surface area contributed by atoms with E-state index < -0.39 is 12.2 Å². The molecule has 0 heterocycles. The average molecular weight is 282 g/mol. The van der Waals surface area contributed by atoms with Gasteiger partial charge in [0.2, 0.25) is 0 Å². The van der Waals surface area contributed by atoms with E-state index in [0.29, 0.717) is 0 Å². The summed E-state index contributed by atoms with van der Waals surface area (Å²) in [6.07, 6.45) is -1.34. The fourth-order valence-electron chi connectivity index (χ4n) is 1.38. The predicted octanol–water partition coefficient (Wildman–Crippen LogP) is -1.36. The quantitative estimate of drug-likeness (QED) is 0.384. The number of aliphatic hydroxyl groups is 3. The average Bonchev–Trinajstić information content (AvgIpc) is 2.37. The van der Waals surface area contributed by atoms with E-state index in [1.165, 1.54) is 14.2 Å². The molecule has 0 aliphatic rings. The van der Waals surface area contributed by atoms with Crippen molar-refractivity contribution in [1.29, 1.82) is 0 Å². The molecule has 0 radical (unpaired) electrons. The summed E-state index contributed by atoms with van der Waals surface area (Å²) in [6.45, 7) is 1.19. The van der Waals surface area contributed by atoms with Crippen LogP contribution in [-0.4, -0.2) is 88.0 Å². The van der Waals surface area contributed by atoms with Crippen molar-refractivity contribution < 1.29 is 34.3 Å². The Kier molecular flexibility index (Phi) is 12.6. The molecule has 7 nitrogen and oxygen atoms in total. The van der Waals surface area contributed by atoms with Gasteiger partial charge in [0, 0.05) is 20.1 Å². The summed E-state index contributed by atoms with van der Waals surface area (Å²) in [5.41, 5.74) is 0. The van der Waals surface area contributed by atoms with Crippen molar-refractivity contribution in [2.75, 3.05) is 60.5 Å². The van der Waals surface area contributed by atoms with Gasteiger partial charge in [0.1, 0.15) is 12.2 Å². The SMILES string of the molecule is COCC(O)COCC(CO)COCC(O)COC. The Labute approximate surface area is 114 Å². The molecule has 2 unspecified atom stereocenters. The smallest absolute Gasteiger partial charge is 0.101 e. The van der Waals surface area contributed by atoms with Crippen molar-refractivity contribution in [1.82, 2.24) is 0 Å². The van der Waals surface area contributed by atoms with Crippen molar-refractivity contribution in [2.24, 2.45) is 5.92 Å². The van der Waals surface area contributed by atoms with E-state index in [4.69, 9.17) is 24.1 Å². The van der Waals surface area contributed by atoms with Crippen molar-refractivity contribution in [3.8, 4) is 0 Å². The summed E-state index contributed by atoms with van der Waals surface area (Å²) in [5.74, 6) is -0.190. The lowest BCUT2D eigenvalue weighted by Crippen LogP contribution is -2.28. The maximum absolute atomic E-state index is 9.35. The number of aliphatic hydroxyl groups excluding tert-OH is 3. The lowest BCUT2D eigenvalue weighted by molar-refractivity contribution is -0.0497. The first-order valence-corrected chi connectivity index (χ1v) is 6.24. The Bertz CT molecular complexity index is 173. The molecule has 7 heteroatoms. The second-order valence-corrected chi connectivity index (χ2v) is 4.34. The molecule has 0 aromatic carbocycles. The summed E-state index contributed by atoms with van der Waals surface area (Å²) in [4.78, 5) is 0. The van der Waals surface area contributed by atoms with E-state index >= 15 is 0 Å². The van der Waals surface area contributed by atoms with Crippen LogP contribution in [0.3, 0.4) is 0 Å². The van der Waals surface area contributed by atoms with Crippen LogP contribution in [0.4, 0.5) is 0 Å². The monoisotopic (exact) mass is 282 g/mol. The molecule has 0 aromatic rings. The number of methoxy groups -OCH3 is 2. The summed E-state index contributed by atoms with van der Waals surface area (Å²) >= 11 is 0. The van der Waals surface area contributed by atoms with Gasteiger partial charge in [-0.05, 0) is 0 Å². The molecule has 0 rings (SSSR count). The third-order valence-corrected chi connectivity index (χ3v) is 2.30. The Balaban J connectivity index is 3.60. The minimum absolute atomic E-state index is 0.0826. The molecule has 0 amide bonds. The Morgan fingerprint density at radius 3 is 1.47 bits per heavy atom. The zero-order valence-electron chi connectivity index (χ0n) is 11.7. The standard InChI is InChI=1S/C12H26O7/c1-16-6-11(14)8-18-4-10(3-13)5-19-9-12(15)7-17-2/h10-15H,3-9H2,1-2H3. The van der Waals surface area contributed by atoms with Gasteiger partial charge in [-0.1, -0.05) is 0 Å². The van der Waals surface area contributed by atoms with Gasteiger partial charge in [0.25, 0.3) is 0 Å². The van der Waals surface area contributed by atoms with Gasteiger partial charge in [-0.2, -0.15) is 0 Å². The van der Waals surface area contributed by atoms with Crippen LogP contribution in [0.1, 0.15) is 0 Å². The molecule has 19 heavy (non-hydrogen) atoms. The van der Waals surface area contributed by atoms with Gasteiger partial charge >= 0.3 is 0 Å². The van der Waals surface area contributed by atoms with E-state index in [0.717, 1.165) is 0 Å². The highest BCUT2D eigenvalue weighted by molar-refractivity contribution is 4.58. The van der Waals surface area contributed by atoms with E-state index in [9.17, 15) is 10.2 Å². The third kappa shape index (κ3) is 11.3. The highest BCUT2D eigenvalue weighted by Gasteiger charge is 2.11. The number of hydrogen-bond donors (Lipinski definition) is 3. The first kappa shape index (κ1) is 18.7. The molecule has 116 valence electrons. The molecule has 0 saturated heterocycles. The van der Waals surface area contributed by atoms with Crippen molar-refractivity contribution >= 4 is 0 Å². The zero-order chi connectivity index (χ0) is 14.5. The molecule has 0 bridgehead atoms. The third-order valence-electron chi connectivity index (χ3n) is 2.30. The van der Waals surface area contributed by atoms with Crippen LogP contribution in [0.15, 0.2) is 0 Å². The Hall–Kier alpha value is -0.280. The van der Waals surface area contributed by atoms with E-state index in [1.807, 2.05) is 0 Å². The van der Waals surface area contributed by atoms with Crippen LogP contribution in [0.25, 0.3) is 0 Å². The summed E-state index contributed by atoms with van der Waals surface area (Å²) in [7, 11) is 3.00. The fourth-order valence-corrected chi connectivity index (χ4v) is 1.38. The highest BCUT2D eigenvalue weighted by Crippen LogP contribution is 2.00. The molecule has 0 aromatic heterocycles. The summed E-state index contributed by atoms with van der Waals surface area (Å²) in [6, 6.07) is 0. The lowest BCUT2D eigenvalue weighted by atomic mass is 10.2. The molecule has 0 saturated carbocycles. The van der Waals surface area contributed by atoms with E-state index in [2.05, 4.69) is 0 Å². The number of rotatable bonds is 13. The van der Waals surface area contributed by atoms with Crippen molar-refractivity contribution in [3.05, 3.63) is 0 Å². The van der Waals surface area contributed by atoms with Crippen LogP contribution < -0.4 is 0 Å². The summed E-state index contributed by atoms with van der Waals surface area (Å²) < 4.78 is 20.0. The van der Waals surface area contributed by atoms with Crippen molar-refractivity contribution in [3.63, 3.8) is 0 Å². The van der Waals surface area contributed by atoms with Crippen LogP contribution in [0.5, 0.6) is 0 Å². The van der Waals surface area contributed by atoms with Gasteiger partial charge in [0.15, 0.2) is 0 Å². The van der Waals surface area contributed by atoms with Gasteiger partial charge in [-0.3, -0.25) is 0 Å². The maximum Gasteiger partial charge on any atom is 0.101 e. The first-order valence-electron chi connectivity index (χ1n) is 6.24. The molecule has 2 atom stereocenters.